The average Bonchev–Trinajstić information content (AvgIpc) is 3.15. The molecule has 0 aromatic heterocycles. The third-order valence-corrected chi connectivity index (χ3v) is 7.75. The monoisotopic (exact) mass is 457 g/mol. The first-order valence-electron chi connectivity index (χ1n) is 11.4. The summed E-state index contributed by atoms with van der Waals surface area (Å²) < 4.78 is 5.75. The Morgan fingerprint density at radius 3 is 2.33 bits per heavy atom. The van der Waals surface area contributed by atoms with Gasteiger partial charge in [0, 0.05) is 5.56 Å². The van der Waals surface area contributed by atoms with Crippen LogP contribution in [-0.2, 0) is 10.2 Å². The Morgan fingerprint density at radius 2 is 1.61 bits per heavy atom. The fraction of sp³-hybridized carbons (Fsp3) is 0.286. The number of nitrogens with one attached hydrogen (secondary N) is 1. The maximum atomic E-state index is 11.8. The van der Waals surface area contributed by atoms with Crippen molar-refractivity contribution in [2.24, 2.45) is 0 Å². The molecule has 33 heavy (non-hydrogen) atoms. The summed E-state index contributed by atoms with van der Waals surface area (Å²) in [6, 6.07) is 19.1. The molecule has 2 aliphatic rings. The van der Waals surface area contributed by atoms with Crippen molar-refractivity contribution in [3.8, 4) is 16.9 Å². The van der Waals surface area contributed by atoms with Gasteiger partial charge in [-0.25, -0.2) is 0 Å². The summed E-state index contributed by atoms with van der Waals surface area (Å²) in [7, 11) is 1.76. The number of amides is 2. The van der Waals surface area contributed by atoms with Crippen molar-refractivity contribution in [2.75, 3.05) is 7.11 Å². The molecule has 0 bridgehead atoms. The van der Waals surface area contributed by atoms with E-state index in [0.717, 1.165) is 33.8 Å². The number of imide groups is 1. The quantitative estimate of drug-likeness (QED) is 0.426. The highest BCUT2D eigenvalue weighted by Crippen LogP contribution is 2.44. The first-order valence-corrected chi connectivity index (χ1v) is 12.2. The van der Waals surface area contributed by atoms with Gasteiger partial charge in [-0.1, -0.05) is 56.5 Å². The molecule has 0 radical (unpaired) electrons. The highest BCUT2D eigenvalue weighted by atomic mass is 32.2. The van der Waals surface area contributed by atoms with E-state index in [1.165, 1.54) is 48.8 Å². The van der Waals surface area contributed by atoms with Crippen LogP contribution in [0.1, 0.15) is 50.2 Å². The number of methoxy groups -OCH3 is 1. The molecule has 0 unspecified atom stereocenters. The fourth-order valence-electron chi connectivity index (χ4n) is 5.07. The minimum absolute atomic E-state index is 0.158. The second-order valence-corrected chi connectivity index (χ2v) is 10.2. The van der Waals surface area contributed by atoms with Crippen molar-refractivity contribution >= 4 is 39.8 Å². The van der Waals surface area contributed by atoms with E-state index >= 15 is 0 Å². The molecule has 1 aliphatic heterocycles. The molecule has 2 fully saturated rings. The highest BCUT2D eigenvalue weighted by molar-refractivity contribution is 8.18. The second kappa shape index (κ2) is 8.71. The van der Waals surface area contributed by atoms with Gasteiger partial charge in [-0.2, -0.15) is 0 Å². The first-order chi connectivity index (χ1) is 15.9. The largest absolute Gasteiger partial charge is 0.496 e. The van der Waals surface area contributed by atoms with Gasteiger partial charge in [0.05, 0.1) is 12.0 Å². The lowest BCUT2D eigenvalue weighted by Gasteiger charge is -2.35. The van der Waals surface area contributed by atoms with Gasteiger partial charge in [0.2, 0.25) is 0 Å². The smallest absolute Gasteiger partial charge is 0.290 e. The van der Waals surface area contributed by atoms with Gasteiger partial charge in [0.1, 0.15) is 5.75 Å². The van der Waals surface area contributed by atoms with Crippen LogP contribution in [0.25, 0.3) is 28.0 Å². The Bertz CT molecular complexity index is 1290. The lowest BCUT2D eigenvalue weighted by molar-refractivity contribution is -0.115. The second-order valence-electron chi connectivity index (χ2n) is 9.21. The number of carbonyl (C=O) groups is 2. The summed E-state index contributed by atoms with van der Waals surface area (Å²) in [5, 5.41) is 4.20. The van der Waals surface area contributed by atoms with Crippen LogP contribution in [0.5, 0.6) is 5.75 Å². The number of ether oxygens (including phenoxy) is 1. The van der Waals surface area contributed by atoms with Gasteiger partial charge in [0.25, 0.3) is 11.1 Å². The zero-order chi connectivity index (χ0) is 23.0. The van der Waals surface area contributed by atoms with E-state index in [2.05, 4.69) is 54.7 Å². The van der Waals surface area contributed by atoms with Gasteiger partial charge < -0.3 is 4.74 Å². The summed E-state index contributed by atoms with van der Waals surface area (Å²) >= 11 is 0.940. The molecular formula is C28H27NO3S. The number of thioether (sulfide) groups is 1. The Morgan fingerprint density at radius 1 is 0.909 bits per heavy atom. The molecule has 0 atom stereocenters. The van der Waals surface area contributed by atoms with Crippen LogP contribution in [-0.4, -0.2) is 18.3 Å². The van der Waals surface area contributed by atoms with Crippen molar-refractivity contribution in [1.82, 2.24) is 5.32 Å². The van der Waals surface area contributed by atoms with E-state index in [9.17, 15) is 9.59 Å². The van der Waals surface area contributed by atoms with Crippen LogP contribution in [0.2, 0.25) is 0 Å². The van der Waals surface area contributed by atoms with Crippen LogP contribution in [0, 0.1) is 0 Å². The minimum atomic E-state index is -0.331. The lowest BCUT2D eigenvalue weighted by atomic mass is 9.70. The molecule has 1 aliphatic carbocycles. The summed E-state index contributed by atoms with van der Waals surface area (Å²) in [6.07, 6.45) is 8.02. The summed E-state index contributed by atoms with van der Waals surface area (Å²) in [6.45, 7) is 2.38. The molecule has 5 rings (SSSR count). The van der Waals surface area contributed by atoms with Crippen molar-refractivity contribution < 1.29 is 14.3 Å². The number of hydrogen-bond acceptors (Lipinski definition) is 4. The average molecular weight is 458 g/mol. The Kier molecular flexibility index (Phi) is 5.75. The number of fused-ring (bicyclic) bond motifs is 1. The maximum absolute atomic E-state index is 11.8. The van der Waals surface area contributed by atoms with Gasteiger partial charge in [0.15, 0.2) is 0 Å². The summed E-state index contributed by atoms with van der Waals surface area (Å²) in [5.41, 5.74) is 4.74. The van der Waals surface area contributed by atoms with Crippen LogP contribution in [0.15, 0.2) is 59.5 Å². The predicted octanol–water partition coefficient (Wildman–Crippen LogP) is 7.06. The van der Waals surface area contributed by atoms with Gasteiger partial charge in [-0.15, -0.1) is 0 Å². The van der Waals surface area contributed by atoms with E-state index in [-0.39, 0.29) is 16.6 Å². The summed E-state index contributed by atoms with van der Waals surface area (Å²) in [4.78, 5) is 23.7. The fourth-order valence-corrected chi connectivity index (χ4v) is 5.75. The number of rotatable bonds is 4. The third kappa shape index (κ3) is 4.30. The van der Waals surface area contributed by atoms with E-state index in [1.54, 1.807) is 13.2 Å². The van der Waals surface area contributed by atoms with Crippen LogP contribution >= 0.6 is 11.8 Å². The van der Waals surface area contributed by atoms with Crippen LogP contribution < -0.4 is 10.1 Å². The zero-order valence-electron chi connectivity index (χ0n) is 18.9. The molecule has 0 spiro atoms. The maximum Gasteiger partial charge on any atom is 0.290 e. The van der Waals surface area contributed by atoms with Crippen LogP contribution in [0.4, 0.5) is 4.79 Å². The summed E-state index contributed by atoms with van der Waals surface area (Å²) in [5.74, 6) is 0.649. The zero-order valence-corrected chi connectivity index (χ0v) is 19.8. The van der Waals surface area contributed by atoms with Gasteiger partial charge in [-0.05, 0) is 87.8 Å². The molecule has 1 heterocycles. The molecule has 3 aromatic rings. The number of benzene rings is 3. The lowest BCUT2D eigenvalue weighted by Crippen LogP contribution is -2.25. The van der Waals surface area contributed by atoms with Gasteiger partial charge >= 0.3 is 0 Å². The molecule has 1 saturated carbocycles. The molecule has 2 amide bonds. The van der Waals surface area contributed by atoms with Crippen molar-refractivity contribution in [1.29, 1.82) is 0 Å². The molecular weight excluding hydrogens is 430 g/mol. The van der Waals surface area contributed by atoms with Crippen LogP contribution in [0.3, 0.4) is 0 Å². The topological polar surface area (TPSA) is 55.4 Å². The predicted molar refractivity (Wildman–Crippen MR) is 135 cm³/mol. The van der Waals surface area contributed by atoms with E-state index in [1.807, 2.05) is 12.1 Å². The van der Waals surface area contributed by atoms with E-state index < -0.39 is 0 Å². The van der Waals surface area contributed by atoms with Gasteiger partial charge in [-0.3, -0.25) is 14.9 Å². The Labute approximate surface area is 198 Å². The molecule has 1 N–H and O–H groups in total. The SMILES string of the molecule is COc1ccc(-c2ccc3cc(C=C4SC(=O)NC4=O)ccc3c2)cc1C1(C)CCCCC1. The van der Waals surface area contributed by atoms with Crippen molar-refractivity contribution in [3.63, 3.8) is 0 Å². The van der Waals surface area contributed by atoms with E-state index in [0.29, 0.717) is 4.91 Å². The molecule has 4 nitrogen and oxygen atoms in total. The third-order valence-electron chi connectivity index (χ3n) is 6.94. The molecule has 1 saturated heterocycles. The van der Waals surface area contributed by atoms with Crippen molar-refractivity contribution in [2.45, 2.75) is 44.4 Å². The normalized spacial score (nSPS) is 19.2. The standard InChI is InChI=1S/C28H27NO3S/c1-28(12-4-3-5-13-28)23-17-22(10-11-24(23)32-2)21-9-8-19-14-18(6-7-20(19)16-21)15-25-26(30)29-27(31)33-25/h6-11,14-17H,3-5,12-13H2,1-2H3,(H,29,30,31). The first kappa shape index (κ1) is 21.8. The van der Waals surface area contributed by atoms with Crippen molar-refractivity contribution in [3.05, 3.63) is 70.6 Å². The molecule has 168 valence electrons. The molecule has 5 heteroatoms. The number of carbonyl (C=O) groups excluding carboxylic acids is 2. The Hall–Kier alpha value is -3.05. The highest BCUT2D eigenvalue weighted by Gasteiger charge is 2.31. The van der Waals surface area contributed by atoms with E-state index in [4.69, 9.17) is 4.74 Å². The Balaban J connectivity index is 1.49. The number of hydrogen-bond donors (Lipinski definition) is 1. The minimum Gasteiger partial charge on any atom is -0.496 e. The molecule has 3 aromatic carbocycles.